The lowest BCUT2D eigenvalue weighted by Gasteiger charge is -2.34. The molecule has 0 saturated carbocycles. The zero-order valence-electron chi connectivity index (χ0n) is 10.3. The highest BCUT2D eigenvalue weighted by atomic mass is 16.5. The first kappa shape index (κ1) is 11.9. The van der Waals surface area contributed by atoms with Crippen molar-refractivity contribution in [2.75, 3.05) is 24.5 Å². The summed E-state index contributed by atoms with van der Waals surface area (Å²) in [6, 6.07) is 5.51. The quantitative estimate of drug-likeness (QED) is 0.804. The zero-order chi connectivity index (χ0) is 12.4. The lowest BCUT2D eigenvalue weighted by molar-refractivity contribution is 0.100. The molecular weight excluding hydrogens is 216 g/mol. The fraction of sp³-hybridized carbons (Fsp3) is 0.462. The number of rotatable bonds is 3. The number of carbonyl (C=O) groups excluding carboxylic acids is 1. The summed E-state index contributed by atoms with van der Waals surface area (Å²) in [5.74, 6) is 0.807. The van der Waals surface area contributed by atoms with Crippen LogP contribution in [0.1, 0.15) is 24.2 Å². The average Bonchev–Trinajstić information content (AvgIpc) is 2.36. The van der Waals surface area contributed by atoms with E-state index in [9.17, 15) is 4.79 Å². The van der Waals surface area contributed by atoms with Gasteiger partial charge in [-0.2, -0.15) is 0 Å². The maximum Gasteiger partial charge on any atom is 0.176 e. The summed E-state index contributed by atoms with van der Waals surface area (Å²) < 4.78 is 5.75. The minimum atomic E-state index is -0.0394. The van der Waals surface area contributed by atoms with Crippen LogP contribution in [0, 0.1) is 0 Å². The van der Waals surface area contributed by atoms with E-state index in [1.165, 1.54) is 0 Å². The Labute approximate surface area is 101 Å². The fourth-order valence-electron chi connectivity index (χ4n) is 2.12. The largest absolute Gasteiger partial charge is 0.487 e. The molecule has 0 aliphatic carbocycles. The summed E-state index contributed by atoms with van der Waals surface area (Å²) in [6.45, 7) is 5.94. The Bertz CT molecular complexity index is 431. The number of Topliss-reactive ketones (excluding diaryl/α,β-unsaturated/α-hetero) is 1. The Morgan fingerprint density at radius 2 is 2.35 bits per heavy atom. The highest BCUT2D eigenvalue weighted by Gasteiger charge is 2.22. The number of hydrogen-bond acceptors (Lipinski definition) is 4. The highest BCUT2D eigenvalue weighted by molar-refractivity contribution is 5.98. The van der Waals surface area contributed by atoms with Crippen molar-refractivity contribution in [2.45, 2.75) is 20.0 Å². The van der Waals surface area contributed by atoms with Crippen LogP contribution in [0.2, 0.25) is 0 Å². The van der Waals surface area contributed by atoms with E-state index in [4.69, 9.17) is 10.5 Å². The highest BCUT2D eigenvalue weighted by Crippen LogP contribution is 2.34. The lowest BCUT2D eigenvalue weighted by atomic mass is 10.1. The van der Waals surface area contributed by atoms with Crippen molar-refractivity contribution in [3.05, 3.63) is 23.8 Å². The Kier molecular flexibility index (Phi) is 3.33. The monoisotopic (exact) mass is 234 g/mol. The van der Waals surface area contributed by atoms with Crippen molar-refractivity contribution < 1.29 is 9.53 Å². The van der Waals surface area contributed by atoms with Gasteiger partial charge in [-0.1, -0.05) is 0 Å². The third-order valence-electron chi connectivity index (χ3n) is 2.99. The van der Waals surface area contributed by atoms with Crippen LogP contribution in [0.15, 0.2) is 18.2 Å². The number of hydrogen-bond donors (Lipinski definition) is 1. The molecule has 0 spiro atoms. The molecule has 1 heterocycles. The van der Waals surface area contributed by atoms with Crippen molar-refractivity contribution in [1.82, 2.24) is 0 Å². The SMILES string of the molecule is CCN1CC(C)Oc2ccc(C(=O)CN)cc21. The zero-order valence-corrected chi connectivity index (χ0v) is 10.3. The topological polar surface area (TPSA) is 55.6 Å². The van der Waals surface area contributed by atoms with Gasteiger partial charge >= 0.3 is 0 Å². The van der Waals surface area contributed by atoms with Gasteiger partial charge in [0, 0.05) is 12.1 Å². The second-order valence-corrected chi connectivity index (χ2v) is 4.28. The molecule has 1 aromatic carbocycles. The van der Waals surface area contributed by atoms with E-state index in [0.29, 0.717) is 5.56 Å². The van der Waals surface area contributed by atoms with E-state index < -0.39 is 0 Å². The molecular formula is C13H18N2O2. The molecule has 0 saturated heterocycles. The second kappa shape index (κ2) is 4.75. The number of anilines is 1. The van der Waals surface area contributed by atoms with Crippen molar-refractivity contribution in [1.29, 1.82) is 0 Å². The van der Waals surface area contributed by atoms with Gasteiger partial charge in [0.2, 0.25) is 0 Å². The predicted molar refractivity (Wildman–Crippen MR) is 67.8 cm³/mol. The van der Waals surface area contributed by atoms with Gasteiger partial charge in [0.1, 0.15) is 11.9 Å². The van der Waals surface area contributed by atoms with E-state index in [1.54, 1.807) is 6.07 Å². The van der Waals surface area contributed by atoms with Gasteiger partial charge in [0.15, 0.2) is 5.78 Å². The van der Waals surface area contributed by atoms with Gasteiger partial charge in [0.05, 0.1) is 18.8 Å². The predicted octanol–water partition coefficient (Wildman–Crippen LogP) is 1.44. The molecule has 0 radical (unpaired) electrons. The maximum atomic E-state index is 11.6. The van der Waals surface area contributed by atoms with Crippen LogP contribution in [0.25, 0.3) is 0 Å². The van der Waals surface area contributed by atoms with Crippen molar-refractivity contribution in [2.24, 2.45) is 5.73 Å². The van der Waals surface area contributed by atoms with Gasteiger partial charge in [-0.3, -0.25) is 4.79 Å². The van der Waals surface area contributed by atoms with Crippen LogP contribution in [0.5, 0.6) is 5.75 Å². The second-order valence-electron chi connectivity index (χ2n) is 4.28. The number of benzene rings is 1. The first-order valence-corrected chi connectivity index (χ1v) is 5.94. The molecule has 17 heavy (non-hydrogen) atoms. The minimum Gasteiger partial charge on any atom is -0.487 e. The molecule has 0 amide bonds. The van der Waals surface area contributed by atoms with Crippen LogP contribution in [-0.4, -0.2) is 31.5 Å². The van der Waals surface area contributed by atoms with Crippen LogP contribution in [0.4, 0.5) is 5.69 Å². The van der Waals surface area contributed by atoms with Crippen LogP contribution in [-0.2, 0) is 0 Å². The molecule has 1 aromatic rings. The molecule has 1 aliphatic rings. The number of likely N-dealkylation sites (N-methyl/N-ethyl adjacent to an activating group) is 1. The van der Waals surface area contributed by atoms with Crippen LogP contribution < -0.4 is 15.4 Å². The summed E-state index contributed by atoms with van der Waals surface area (Å²) in [7, 11) is 0. The Morgan fingerprint density at radius 1 is 1.59 bits per heavy atom. The van der Waals surface area contributed by atoms with Gasteiger partial charge in [-0.25, -0.2) is 0 Å². The Hall–Kier alpha value is -1.55. The van der Waals surface area contributed by atoms with Gasteiger partial charge in [0.25, 0.3) is 0 Å². The summed E-state index contributed by atoms with van der Waals surface area (Å²) in [6.07, 6.45) is 0.179. The molecule has 0 aromatic heterocycles. The van der Waals surface area contributed by atoms with Gasteiger partial charge in [-0.05, 0) is 32.0 Å². The molecule has 0 fully saturated rings. The Morgan fingerprint density at radius 3 is 3.00 bits per heavy atom. The summed E-state index contributed by atoms with van der Waals surface area (Å²) >= 11 is 0. The number of nitrogens with zero attached hydrogens (tertiary/aromatic N) is 1. The van der Waals surface area contributed by atoms with Crippen molar-refractivity contribution in [3.63, 3.8) is 0 Å². The standard InChI is InChI=1S/C13H18N2O2/c1-3-15-8-9(2)17-13-5-4-10(6-11(13)15)12(16)7-14/h4-6,9H,3,7-8,14H2,1-2H3. The molecule has 2 N–H and O–H groups in total. The van der Waals surface area contributed by atoms with E-state index in [2.05, 4.69) is 11.8 Å². The molecule has 92 valence electrons. The molecule has 1 unspecified atom stereocenters. The molecule has 1 aliphatic heterocycles. The first-order chi connectivity index (χ1) is 8.15. The number of nitrogens with two attached hydrogens (primary N) is 1. The summed E-state index contributed by atoms with van der Waals surface area (Å²) in [5.41, 5.74) is 7.02. The number of fused-ring (bicyclic) bond motifs is 1. The average molecular weight is 234 g/mol. The number of ether oxygens (including phenoxy) is 1. The van der Waals surface area contributed by atoms with Crippen molar-refractivity contribution in [3.8, 4) is 5.75 Å². The first-order valence-electron chi connectivity index (χ1n) is 5.94. The molecule has 4 heteroatoms. The fourth-order valence-corrected chi connectivity index (χ4v) is 2.12. The van der Waals surface area contributed by atoms with Gasteiger partial charge in [-0.15, -0.1) is 0 Å². The third-order valence-corrected chi connectivity index (χ3v) is 2.99. The normalized spacial score (nSPS) is 18.5. The van der Waals surface area contributed by atoms with Gasteiger partial charge < -0.3 is 15.4 Å². The minimum absolute atomic E-state index is 0.0394. The summed E-state index contributed by atoms with van der Waals surface area (Å²) in [5, 5.41) is 0. The lowest BCUT2D eigenvalue weighted by Crippen LogP contribution is -2.38. The smallest absolute Gasteiger partial charge is 0.176 e. The van der Waals surface area contributed by atoms with E-state index in [1.807, 2.05) is 19.1 Å². The van der Waals surface area contributed by atoms with E-state index in [0.717, 1.165) is 24.5 Å². The summed E-state index contributed by atoms with van der Waals surface area (Å²) in [4.78, 5) is 13.8. The van der Waals surface area contributed by atoms with E-state index in [-0.39, 0.29) is 18.4 Å². The van der Waals surface area contributed by atoms with Crippen LogP contribution in [0.3, 0.4) is 0 Å². The Balaban J connectivity index is 2.39. The maximum absolute atomic E-state index is 11.6. The molecule has 2 rings (SSSR count). The molecule has 4 nitrogen and oxygen atoms in total. The van der Waals surface area contributed by atoms with E-state index >= 15 is 0 Å². The third kappa shape index (κ3) is 2.26. The molecule has 0 bridgehead atoms. The van der Waals surface area contributed by atoms with Crippen molar-refractivity contribution >= 4 is 11.5 Å². The number of ketones is 1. The number of carbonyl (C=O) groups is 1. The van der Waals surface area contributed by atoms with Crippen LogP contribution >= 0.6 is 0 Å². The molecule has 1 atom stereocenters.